The van der Waals surface area contributed by atoms with Crippen LogP contribution in [0.1, 0.15) is 37.3 Å². The van der Waals surface area contributed by atoms with Gasteiger partial charge < -0.3 is 14.9 Å². The molecule has 0 saturated heterocycles. The largest absolute Gasteiger partial charge is 0.483 e. The molecule has 4 rings (SSSR count). The molecule has 1 aliphatic carbocycles. The highest BCUT2D eigenvalue weighted by atomic mass is 16.5. The van der Waals surface area contributed by atoms with Crippen LogP contribution in [0.2, 0.25) is 0 Å². The third-order valence-electron chi connectivity index (χ3n) is 4.89. The second-order valence-corrected chi connectivity index (χ2v) is 6.79. The van der Waals surface area contributed by atoms with Crippen molar-refractivity contribution in [1.82, 2.24) is 15.5 Å². The molecule has 146 valence electrons. The minimum absolute atomic E-state index is 0.250. The van der Waals surface area contributed by atoms with Gasteiger partial charge in [-0.2, -0.15) is 4.98 Å². The van der Waals surface area contributed by atoms with Gasteiger partial charge >= 0.3 is 0 Å². The van der Waals surface area contributed by atoms with E-state index in [-0.39, 0.29) is 6.47 Å². The molecular weight excluding hydrogens is 354 g/mol. The summed E-state index contributed by atoms with van der Waals surface area (Å²) in [5.41, 5.74) is 4.49. The van der Waals surface area contributed by atoms with E-state index >= 15 is 0 Å². The zero-order chi connectivity index (χ0) is 19.8. The number of carbonyl (C=O) groups is 1. The second kappa shape index (κ2) is 9.80. The van der Waals surface area contributed by atoms with E-state index in [1.807, 2.05) is 18.2 Å². The highest BCUT2D eigenvalue weighted by Crippen LogP contribution is 2.24. The molecule has 0 atom stereocenters. The Labute approximate surface area is 164 Å². The average Bonchev–Trinajstić information content (AvgIpc) is 3.18. The van der Waals surface area contributed by atoms with Gasteiger partial charge in [0, 0.05) is 23.7 Å². The fraction of sp³-hybridized carbons (Fsp3) is 0.318. The van der Waals surface area contributed by atoms with E-state index in [0.717, 1.165) is 24.1 Å². The third-order valence-corrected chi connectivity index (χ3v) is 4.89. The van der Waals surface area contributed by atoms with Gasteiger partial charge in [0.1, 0.15) is 0 Å². The molecule has 0 spiro atoms. The summed E-state index contributed by atoms with van der Waals surface area (Å²) in [5.74, 6) is 1.21. The van der Waals surface area contributed by atoms with Crippen LogP contribution in [0.25, 0.3) is 22.8 Å². The van der Waals surface area contributed by atoms with E-state index in [0.29, 0.717) is 17.8 Å². The number of nitrogens with one attached hydrogen (secondary N) is 1. The Hall–Kier alpha value is -2.99. The topological polar surface area (TPSA) is 88.3 Å². The van der Waals surface area contributed by atoms with Crippen LogP contribution in [-0.2, 0) is 17.8 Å². The predicted octanol–water partition coefficient (Wildman–Crippen LogP) is 4.31. The van der Waals surface area contributed by atoms with Gasteiger partial charge in [0.2, 0.25) is 5.82 Å². The van der Waals surface area contributed by atoms with Gasteiger partial charge in [0.15, 0.2) is 0 Å². The van der Waals surface area contributed by atoms with Gasteiger partial charge in [-0.05, 0) is 48.6 Å². The number of aryl methyl sites for hydroxylation is 1. The highest BCUT2D eigenvalue weighted by Gasteiger charge is 2.16. The van der Waals surface area contributed by atoms with Crippen LogP contribution in [0.15, 0.2) is 53.1 Å². The summed E-state index contributed by atoms with van der Waals surface area (Å²) in [4.78, 5) is 13.0. The van der Waals surface area contributed by atoms with Crippen molar-refractivity contribution in [2.75, 3.05) is 0 Å². The van der Waals surface area contributed by atoms with Gasteiger partial charge in [-0.15, -0.1) is 0 Å². The van der Waals surface area contributed by atoms with Crippen molar-refractivity contribution < 1.29 is 14.4 Å². The number of rotatable bonds is 6. The maximum Gasteiger partial charge on any atom is 0.290 e. The fourth-order valence-electron chi connectivity index (χ4n) is 3.08. The molecular formula is C22H25N3O3. The lowest BCUT2D eigenvalue weighted by atomic mass is 9.93. The van der Waals surface area contributed by atoms with Crippen LogP contribution < -0.4 is 5.32 Å². The minimum Gasteiger partial charge on any atom is -0.483 e. The van der Waals surface area contributed by atoms with Crippen LogP contribution in [0.4, 0.5) is 0 Å². The first kappa shape index (κ1) is 19.8. The number of benzene rings is 2. The highest BCUT2D eigenvalue weighted by molar-refractivity contribution is 5.60. The van der Waals surface area contributed by atoms with Crippen molar-refractivity contribution >= 4 is 6.47 Å². The first-order chi connectivity index (χ1) is 13.7. The van der Waals surface area contributed by atoms with Crippen LogP contribution in [0.5, 0.6) is 0 Å². The Morgan fingerprint density at radius 3 is 2.50 bits per heavy atom. The molecule has 0 radical (unpaired) electrons. The van der Waals surface area contributed by atoms with Gasteiger partial charge in [0.05, 0.1) is 0 Å². The summed E-state index contributed by atoms with van der Waals surface area (Å²) in [7, 11) is 0. The Morgan fingerprint density at radius 1 is 1.14 bits per heavy atom. The lowest BCUT2D eigenvalue weighted by Gasteiger charge is -2.26. The summed E-state index contributed by atoms with van der Waals surface area (Å²) in [6.45, 7) is 2.78. The molecule has 1 aliphatic rings. The minimum atomic E-state index is -0.250. The normalized spacial score (nSPS) is 13.3. The molecule has 0 unspecified atom stereocenters. The van der Waals surface area contributed by atoms with Crippen molar-refractivity contribution in [3.8, 4) is 22.8 Å². The number of hydrogen-bond acceptors (Lipinski definition) is 5. The molecule has 2 aromatic carbocycles. The lowest BCUT2D eigenvalue weighted by molar-refractivity contribution is -0.122. The molecule has 2 N–H and O–H groups in total. The van der Waals surface area contributed by atoms with E-state index in [9.17, 15) is 0 Å². The first-order valence-corrected chi connectivity index (χ1v) is 9.57. The van der Waals surface area contributed by atoms with Crippen LogP contribution in [0.3, 0.4) is 0 Å². The van der Waals surface area contributed by atoms with Crippen molar-refractivity contribution in [2.45, 2.75) is 45.2 Å². The predicted molar refractivity (Wildman–Crippen MR) is 108 cm³/mol. The molecule has 28 heavy (non-hydrogen) atoms. The zero-order valence-electron chi connectivity index (χ0n) is 16.0. The molecule has 1 saturated carbocycles. The van der Waals surface area contributed by atoms with Crippen LogP contribution in [0, 0.1) is 0 Å². The molecule has 1 fully saturated rings. The summed E-state index contributed by atoms with van der Waals surface area (Å²) in [6.07, 6.45) is 4.93. The number of hydrogen-bond donors (Lipinski definition) is 2. The number of nitrogens with zero attached hydrogens (tertiary/aromatic N) is 2. The summed E-state index contributed by atoms with van der Waals surface area (Å²) < 4.78 is 5.49. The summed E-state index contributed by atoms with van der Waals surface area (Å²) >= 11 is 0. The van der Waals surface area contributed by atoms with E-state index < -0.39 is 0 Å². The molecule has 0 aliphatic heterocycles. The fourth-order valence-corrected chi connectivity index (χ4v) is 3.08. The number of aromatic nitrogens is 2. The molecule has 3 aromatic rings. The Kier molecular flexibility index (Phi) is 6.92. The molecule has 0 bridgehead atoms. The van der Waals surface area contributed by atoms with E-state index in [1.54, 1.807) is 0 Å². The van der Waals surface area contributed by atoms with Gasteiger partial charge in [-0.25, -0.2) is 0 Å². The maximum atomic E-state index is 8.36. The average molecular weight is 379 g/mol. The van der Waals surface area contributed by atoms with E-state index in [1.165, 1.54) is 30.4 Å². The van der Waals surface area contributed by atoms with E-state index in [2.05, 4.69) is 52.7 Å². The van der Waals surface area contributed by atoms with Gasteiger partial charge in [-0.1, -0.05) is 48.8 Å². The van der Waals surface area contributed by atoms with Gasteiger partial charge in [-0.3, -0.25) is 4.79 Å². The van der Waals surface area contributed by atoms with Gasteiger partial charge in [0.25, 0.3) is 12.4 Å². The van der Waals surface area contributed by atoms with Crippen molar-refractivity contribution in [1.29, 1.82) is 0 Å². The smallest absolute Gasteiger partial charge is 0.290 e. The second-order valence-electron chi connectivity index (χ2n) is 6.79. The molecule has 1 aromatic heterocycles. The Bertz CT molecular complexity index is 903. The third kappa shape index (κ3) is 5.04. The maximum absolute atomic E-state index is 8.36. The SMILES string of the molecule is CCc1cccc(-c2nc(-c3cccc(CNC4CCC4)c3)no2)c1.O=CO. The lowest BCUT2D eigenvalue weighted by Crippen LogP contribution is -2.34. The first-order valence-electron chi connectivity index (χ1n) is 9.57. The van der Waals surface area contributed by atoms with Crippen molar-refractivity contribution in [3.63, 3.8) is 0 Å². The summed E-state index contributed by atoms with van der Waals surface area (Å²) in [5, 5.41) is 14.7. The molecule has 6 heteroatoms. The van der Waals surface area contributed by atoms with Crippen LogP contribution in [-0.4, -0.2) is 27.8 Å². The number of carboxylic acid groups (broad SMARTS) is 1. The van der Waals surface area contributed by atoms with Crippen molar-refractivity contribution in [3.05, 3.63) is 59.7 Å². The molecule has 1 heterocycles. The Balaban J connectivity index is 0.000000706. The standard InChI is InChI=1S/C21H23N3O.CH2O2/c1-2-15-6-3-9-18(12-15)21-23-20(24-25-21)17-8-4-7-16(13-17)14-22-19-10-5-11-19;2-1-3/h3-4,6-9,12-13,19,22H,2,5,10-11,14H2,1H3;1H,(H,2,3). The molecule has 6 nitrogen and oxygen atoms in total. The monoisotopic (exact) mass is 379 g/mol. The van der Waals surface area contributed by atoms with Crippen LogP contribution >= 0.6 is 0 Å². The summed E-state index contributed by atoms with van der Waals surface area (Å²) in [6, 6.07) is 17.3. The Morgan fingerprint density at radius 2 is 1.82 bits per heavy atom. The van der Waals surface area contributed by atoms with E-state index in [4.69, 9.17) is 14.4 Å². The quantitative estimate of drug-likeness (QED) is 0.621. The molecule has 0 amide bonds. The van der Waals surface area contributed by atoms with Crippen molar-refractivity contribution in [2.24, 2.45) is 0 Å². The zero-order valence-corrected chi connectivity index (χ0v) is 16.0.